The molecule has 0 aromatic rings. The number of hydrogen-bond acceptors (Lipinski definition) is 3. The molecule has 0 radical (unpaired) electrons. The van der Waals surface area contributed by atoms with Crippen molar-refractivity contribution in [2.75, 3.05) is 18.8 Å². The van der Waals surface area contributed by atoms with Crippen molar-refractivity contribution >= 4 is 10.0 Å². The second-order valence-corrected chi connectivity index (χ2v) is 7.17. The lowest BCUT2D eigenvalue weighted by atomic mass is 9.89. The molecule has 3 N–H and O–H groups in total. The third-order valence-corrected chi connectivity index (χ3v) is 5.50. The lowest BCUT2D eigenvalue weighted by Crippen LogP contribution is -2.33. The second kappa shape index (κ2) is 5.02. The fourth-order valence-electron chi connectivity index (χ4n) is 3.21. The zero-order valence-electron chi connectivity index (χ0n) is 9.69. The maximum atomic E-state index is 11.6. The van der Waals surface area contributed by atoms with Crippen molar-refractivity contribution in [2.24, 2.45) is 23.5 Å². The van der Waals surface area contributed by atoms with Crippen molar-refractivity contribution in [1.82, 2.24) is 4.72 Å². The summed E-state index contributed by atoms with van der Waals surface area (Å²) >= 11 is 0. The van der Waals surface area contributed by atoms with Gasteiger partial charge in [-0.3, -0.25) is 0 Å². The molecule has 0 spiro atoms. The van der Waals surface area contributed by atoms with Crippen LogP contribution in [0.4, 0.5) is 0 Å². The summed E-state index contributed by atoms with van der Waals surface area (Å²) in [6.07, 6.45) is 5.77. The molecule has 2 saturated carbocycles. The fraction of sp³-hybridized carbons (Fsp3) is 1.00. The van der Waals surface area contributed by atoms with Crippen molar-refractivity contribution in [1.29, 1.82) is 0 Å². The van der Waals surface area contributed by atoms with E-state index < -0.39 is 10.0 Å². The Bertz CT molecular complexity index is 329. The standard InChI is InChI=1S/C11H22N2O2S/c12-4-1-5-16(14,15)13-8-11-7-9-2-3-10(11)6-9/h9-11,13H,1-8,12H2. The van der Waals surface area contributed by atoms with E-state index in [0.717, 1.165) is 11.8 Å². The van der Waals surface area contributed by atoms with E-state index in [9.17, 15) is 8.42 Å². The molecule has 2 bridgehead atoms. The van der Waals surface area contributed by atoms with Gasteiger partial charge in [0.25, 0.3) is 0 Å². The van der Waals surface area contributed by atoms with Crippen molar-refractivity contribution in [3.63, 3.8) is 0 Å². The van der Waals surface area contributed by atoms with Crippen molar-refractivity contribution in [3.05, 3.63) is 0 Å². The van der Waals surface area contributed by atoms with Crippen molar-refractivity contribution in [2.45, 2.75) is 32.1 Å². The SMILES string of the molecule is NCCCS(=O)(=O)NCC1CC2CCC1C2. The summed E-state index contributed by atoms with van der Waals surface area (Å²) in [5.41, 5.74) is 5.31. The third kappa shape index (κ3) is 2.96. The average Bonchev–Trinajstić information content (AvgIpc) is 2.85. The van der Waals surface area contributed by atoms with E-state index in [1.54, 1.807) is 0 Å². The van der Waals surface area contributed by atoms with Gasteiger partial charge in [-0.05, 0) is 50.0 Å². The van der Waals surface area contributed by atoms with Gasteiger partial charge in [0.05, 0.1) is 5.75 Å². The predicted octanol–water partition coefficient (Wildman–Crippen LogP) is 0.691. The summed E-state index contributed by atoms with van der Waals surface area (Å²) in [5.74, 6) is 2.42. The fourth-order valence-corrected chi connectivity index (χ4v) is 4.37. The highest BCUT2D eigenvalue weighted by Crippen LogP contribution is 2.47. The minimum Gasteiger partial charge on any atom is -0.330 e. The highest BCUT2D eigenvalue weighted by atomic mass is 32.2. The predicted molar refractivity (Wildman–Crippen MR) is 64.4 cm³/mol. The van der Waals surface area contributed by atoms with Gasteiger partial charge in [0.15, 0.2) is 0 Å². The number of fused-ring (bicyclic) bond motifs is 2. The van der Waals surface area contributed by atoms with Crippen LogP contribution in [0.2, 0.25) is 0 Å². The summed E-state index contributed by atoms with van der Waals surface area (Å²) in [5, 5.41) is 0. The lowest BCUT2D eigenvalue weighted by Gasteiger charge is -2.21. The minimum absolute atomic E-state index is 0.171. The van der Waals surface area contributed by atoms with Gasteiger partial charge >= 0.3 is 0 Å². The van der Waals surface area contributed by atoms with Gasteiger partial charge in [-0.15, -0.1) is 0 Å². The molecular formula is C11H22N2O2S. The van der Waals surface area contributed by atoms with Gasteiger partial charge in [0.1, 0.15) is 0 Å². The largest absolute Gasteiger partial charge is 0.330 e. The Morgan fingerprint density at radius 2 is 2.06 bits per heavy atom. The van der Waals surface area contributed by atoms with Crippen LogP contribution in [-0.4, -0.2) is 27.3 Å². The highest BCUT2D eigenvalue weighted by Gasteiger charge is 2.39. The molecule has 0 amide bonds. The first kappa shape index (κ1) is 12.3. The van der Waals surface area contributed by atoms with E-state index in [2.05, 4.69) is 4.72 Å². The quantitative estimate of drug-likeness (QED) is 0.724. The van der Waals surface area contributed by atoms with E-state index in [4.69, 9.17) is 5.73 Å². The Kier molecular flexibility index (Phi) is 3.87. The van der Waals surface area contributed by atoms with Gasteiger partial charge in [-0.1, -0.05) is 6.42 Å². The summed E-state index contributed by atoms with van der Waals surface area (Å²) < 4.78 is 25.9. The molecule has 2 aliphatic carbocycles. The Balaban J connectivity index is 1.75. The summed E-state index contributed by atoms with van der Waals surface area (Å²) in [7, 11) is -3.08. The van der Waals surface area contributed by atoms with Gasteiger partial charge < -0.3 is 5.73 Å². The topological polar surface area (TPSA) is 72.2 Å². The molecular weight excluding hydrogens is 224 g/mol. The number of nitrogens with two attached hydrogens (primary N) is 1. The van der Waals surface area contributed by atoms with Gasteiger partial charge in [0.2, 0.25) is 10.0 Å². The number of sulfonamides is 1. The Hall–Kier alpha value is -0.130. The van der Waals surface area contributed by atoms with E-state index in [0.29, 0.717) is 25.4 Å². The first-order valence-electron chi connectivity index (χ1n) is 6.28. The zero-order valence-corrected chi connectivity index (χ0v) is 10.5. The maximum absolute atomic E-state index is 11.6. The van der Waals surface area contributed by atoms with Gasteiger partial charge in [0, 0.05) is 6.54 Å². The summed E-state index contributed by atoms with van der Waals surface area (Å²) in [6, 6.07) is 0. The Labute approximate surface area is 98.0 Å². The Morgan fingerprint density at radius 1 is 1.25 bits per heavy atom. The highest BCUT2D eigenvalue weighted by molar-refractivity contribution is 7.89. The van der Waals surface area contributed by atoms with Crippen LogP contribution in [-0.2, 0) is 10.0 Å². The molecule has 5 heteroatoms. The summed E-state index contributed by atoms with van der Waals surface area (Å²) in [6.45, 7) is 1.09. The van der Waals surface area contributed by atoms with Crippen LogP contribution in [0.3, 0.4) is 0 Å². The molecule has 16 heavy (non-hydrogen) atoms. The normalized spacial score (nSPS) is 33.4. The lowest BCUT2D eigenvalue weighted by molar-refractivity contribution is 0.333. The van der Waals surface area contributed by atoms with Crippen LogP contribution < -0.4 is 10.5 Å². The number of hydrogen-bond donors (Lipinski definition) is 2. The van der Waals surface area contributed by atoms with E-state index >= 15 is 0 Å². The molecule has 0 aliphatic heterocycles. The molecule has 4 nitrogen and oxygen atoms in total. The van der Waals surface area contributed by atoms with Crippen LogP contribution in [0.1, 0.15) is 32.1 Å². The molecule has 0 saturated heterocycles. The molecule has 2 aliphatic rings. The van der Waals surface area contributed by atoms with Crippen molar-refractivity contribution in [3.8, 4) is 0 Å². The van der Waals surface area contributed by atoms with Crippen LogP contribution in [0.15, 0.2) is 0 Å². The maximum Gasteiger partial charge on any atom is 0.211 e. The van der Waals surface area contributed by atoms with Gasteiger partial charge in [-0.2, -0.15) is 0 Å². The number of rotatable bonds is 6. The van der Waals surface area contributed by atoms with Gasteiger partial charge in [-0.25, -0.2) is 13.1 Å². The van der Waals surface area contributed by atoms with Crippen LogP contribution in [0, 0.1) is 17.8 Å². The van der Waals surface area contributed by atoms with Crippen LogP contribution >= 0.6 is 0 Å². The summed E-state index contributed by atoms with van der Waals surface area (Å²) in [4.78, 5) is 0. The van der Waals surface area contributed by atoms with Crippen LogP contribution in [0.25, 0.3) is 0 Å². The monoisotopic (exact) mass is 246 g/mol. The average molecular weight is 246 g/mol. The van der Waals surface area contributed by atoms with E-state index in [1.165, 1.54) is 25.7 Å². The van der Waals surface area contributed by atoms with E-state index in [1.807, 2.05) is 0 Å². The molecule has 94 valence electrons. The molecule has 0 aromatic heterocycles. The van der Waals surface area contributed by atoms with Crippen molar-refractivity contribution < 1.29 is 8.42 Å². The minimum atomic E-state index is -3.08. The second-order valence-electron chi connectivity index (χ2n) is 5.24. The number of nitrogens with one attached hydrogen (secondary N) is 1. The molecule has 3 unspecified atom stereocenters. The molecule has 2 fully saturated rings. The molecule has 0 heterocycles. The first-order valence-corrected chi connectivity index (χ1v) is 7.93. The Morgan fingerprint density at radius 3 is 2.62 bits per heavy atom. The molecule has 2 rings (SSSR count). The van der Waals surface area contributed by atoms with E-state index in [-0.39, 0.29) is 5.75 Å². The van der Waals surface area contributed by atoms with Crippen LogP contribution in [0.5, 0.6) is 0 Å². The first-order chi connectivity index (χ1) is 7.61. The molecule has 0 aromatic carbocycles. The smallest absolute Gasteiger partial charge is 0.211 e. The molecule has 3 atom stereocenters. The third-order valence-electron chi connectivity index (χ3n) is 4.07. The zero-order chi connectivity index (χ0) is 11.6.